The van der Waals surface area contributed by atoms with E-state index in [0.29, 0.717) is 34.3 Å². The molecule has 1 saturated carbocycles. The average Bonchev–Trinajstić information content (AvgIpc) is 3.74. The van der Waals surface area contributed by atoms with E-state index in [0.717, 1.165) is 25.5 Å². The van der Waals surface area contributed by atoms with Gasteiger partial charge in [-0.15, -0.1) is 0 Å². The quantitative estimate of drug-likeness (QED) is 0.288. The number of alkyl halides is 2. The van der Waals surface area contributed by atoms with Crippen molar-refractivity contribution in [1.29, 1.82) is 0 Å². The molecular formula is C30H31F3N8O2. The minimum Gasteiger partial charge on any atom is -0.480 e. The lowest BCUT2D eigenvalue weighted by atomic mass is 9.95. The lowest BCUT2D eigenvalue weighted by Crippen LogP contribution is -2.59. The fourth-order valence-electron chi connectivity index (χ4n) is 5.46. The normalized spacial score (nSPS) is 16.4. The highest BCUT2D eigenvalue weighted by Crippen LogP contribution is 2.46. The molecule has 10 nitrogen and oxygen atoms in total. The van der Waals surface area contributed by atoms with Crippen LogP contribution in [0.5, 0.6) is 5.88 Å². The third kappa shape index (κ3) is 4.86. The van der Waals surface area contributed by atoms with Crippen molar-refractivity contribution >= 4 is 17.4 Å². The minimum absolute atomic E-state index is 0.0869. The summed E-state index contributed by atoms with van der Waals surface area (Å²) < 4.78 is 50.1. The number of imidazole rings is 1. The van der Waals surface area contributed by atoms with Gasteiger partial charge in [0, 0.05) is 39.7 Å². The molecule has 0 spiro atoms. The lowest BCUT2D eigenvalue weighted by Gasteiger charge is -2.46. The number of hydrogen-bond donors (Lipinski definition) is 0. The van der Waals surface area contributed by atoms with Gasteiger partial charge in [0.15, 0.2) is 11.6 Å². The van der Waals surface area contributed by atoms with Crippen molar-refractivity contribution < 1.29 is 22.7 Å². The molecule has 1 aromatic carbocycles. The zero-order valence-corrected chi connectivity index (χ0v) is 24.7. The van der Waals surface area contributed by atoms with E-state index in [9.17, 15) is 13.6 Å². The molecule has 1 aliphatic heterocycles. The van der Waals surface area contributed by atoms with Gasteiger partial charge >= 0.3 is 0 Å². The highest BCUT2D eigenvalue weighted by molar-refractivity contribution is 6.06. The number of benzene rings is 1. The van der Waals surface area contributed by atoms with E-state index in [4.69, 9.17) is 9.72 Å². The monoisotopic (exact) mass is 592 g/mol. The first-order valence-corrected chi connectivity index (χ1v) is 13.8. The number of likely N-dealkylation sites (N-methyl/N-ethyl adjacent to an activating group) is 1. The minimum atomic E-state index is -3.16. The highest BCUT2D eigenvalue weighted by Gasteiger charge is 2.45. The molecule has 1 fully saturated rings. The second kappa shape index (κ2) is 10.0. The summed E-state index contributed by atoms with van der Waals surface area (Å²) in [7, 11) is 4.74. The van der Waals surface area contributed by atoms with Crippen molar-refractivity contribution in [3.05, 3.63) is 59.7 Å². The molecule has 0 saturated heterocycles. The number of methoxy groups -OCH3 is 1. The predicted octanol–water partition coefficient (Wildman–Crippen LogP) is 5.23. The van der Waals surface area contributed by atoms with Crippen LogP contribution >= 0.6 is 0 Å². The van der Waals surface area contributed by atoms with Crippen molar-refractivity contribution in [2.45, 2.75) is 57.5 Å². The third-order valence-corrected chi connectivity index (χ3v) is 8.03. The Kier molecular flexibility index (Phi) is 6.66. The number of amides is 1. The largest absolute Gasteiger partial charge is 0.480 e. The molecule has 1 aliphatic carbocycles. The Balaban J connectivity index is 1.41. The molecule has 0 N–H and O–H groups in total. The van der Waals surface area contributed by atoms with Crippen LogP contribution in [0.3, 0.4) is 0 Å². The molecule has 224 valence electrons. The van der Waals surface area contributed by atoms with Gasteiger partial charge in [0.2, 0.25) is 5.88 Å². The molecule has 0 unspecified atom stereocenters. The summed E-state index contributed by atoms with van der Waals surface area (Å²) in [6, 6.07) is 4.53. The molecule has 4 heterocycles. The van der Waals surface area contributed by atoms with Gasteiger partial charge in [0.1, 0.15) is 40.5 Å². The number of fused-ring (bicyclic) bond motifs is 1. The van der Waals surface area contributed by atoms with Crippen LogP contribution in [0.1, 0.15) is 56.5 Å². The predicted molar refractivity (Wildman–Crippen MR) is 153 cm³/mol. The molecule has 4 aromatic rings. The molecule has 13 heteroatoms. The van der Waals surface area contributed by atoms with Gasteiger partial charge in [0.25, 0.3) is 11.8 Å². The van der Waals surface area contributed by atoms with Crippen LogP contribution in [0.25, 0.3) is 22.8 Å². The van der Waals surface area contributed by atoms with Gasteiger partial charge in [-0.2, -0.15) is 8.78 Å². The third-order valence-electron chi connectivity index (χ3n) is 8.03. The van der Waals surface area contributed by atoms with Crippen LogP contribution in [-0.2, 0) is 24.3 Å². The maximum Gasteiger partial charge on any atom is 0.288 e. The number of rotatable bonds is 7. The molecule has 1 amide bonds. The number of nitrogens with zero attached hydrogens (tertiary/aromatic N) is 8. The summed E-state index contributed by atoms with van der Waals surface area (Å²) in [5.74, 6) is -2.41. The number of aryl methyl sites for hydroxylation is 1. The second-order valence-electron chi connectivity index (χ2n) is 11.6. The molecule has 0 radical (unpaired) electrons. The van der Waals surface area contributed by atoms with E-state index < -0.39 is 23.0 Å². The van der Waals surface area contributed by atoms with E-state index in [1.807, 2.05) is 4.90 Å². The van der Waals surface area contributed by atoms with Gasteiger partial charge in [-0.1, -0.05) is 6.07 Å². The van der Waals surface area contributed by atoms with E-state index in [1.54, 1.807) is 40.2 Å². The summed E-state index contributed by atoms with van der Waals surface area (Å²) in [5.41, 5.74) is 1.06. The van der Waals surface area contributed by atoms with Crippen molar-refractivity contribution in [2.75, 3.05) is 24.0 Å². The number of carbonyl (C=O) groups excluding carboxylic acids is 1. The summed E-state index contributed by atoms with van der Waals surface area (Å²) in [6.45, 7) is 4.44. The van der Waals surface area contributed by atoms with E-state index in [-0.39, 0.29) is 29.8 Å². The first-order valence-electron chi connectivity index (χ1n) is 13.8. The number of aromatic nitrogens is 6. The number of carbonyl (C=O) groups is 1. The molecule has 2 aliphatic rings. The van der Waals surface area contributed by atoms with Crippen LogP contribution in [0.4, 0.5) is 24.7 Å². The Morgan fingerprint density at radius 3 is 2.49 bits per heavy atom. The summed E-state index contributed by atoms with van der Waals surface area (Å²) in [4.78, 5) is 39.1. The summed E-state index contributed by atoms with van der Waals surface area (Å²) >= 11 is 0. The number of hydrogen-bond acceptors (Lipinski definition) is 8. The van der Waals surface area contributed by atoms with Crippen molar-refractivity contribution in [1.82, 2.24) is 29.5 Å². The van der Waals surface area contributed by atoms with Gasteiger partial charge < -0.3 is 19.1 Å². The Morgan fingerprint density at radius 2 is 1.86 bits per heavy atom. The average molecular weight is 593 g/mol. The fourth-order valence-corrected chi connectivity index (χ4v) is 5.46. The maximum atomic E-state index is 15.5. The van der Waals surface area contributed by atoms with Crippen LogP contribution in [0, 0.1) is 5.82 Å². The fraction of sp³-hybridized carbons (Fsp3) is 0.400. The van der Waals surface area contributed by atoms with E-state index in [1.165, 1.54) is 41.2 Å². The van der Waals surface area contributed by atoms with Gasteiger partial charge in [0.05, 0.1) is 24.6 Å². The molecule has 43 heavy (non-hydrogen) atoms. The van der Waals surface area contributed by atoms with Crippen LogP contribution in [0.2, 0.25) is 0 Å². The molecule has 3 aromatic heterocycles. The van der Waals surface area contributed by atoms with Crippen LogP contribution < -0.4 is 14.5 Å². The van der Waals surface area contributed by atoms with Crippen molar-refractivity contribution in [3.8, 4) is 28.7 Å². The first kappa shape index (κ1) is 28.6. The SMILES string of the molecule is COc1ncnc(C2CC2)c1-c1ncc2c(n1)N(Cc1ccc(-c3nc(C(C)(F)F)cn3C)c(F)c1)C(C)(C)C(=O)N2C. The van der Waals surface area contributed by atoms with Crippen LogP contribution in [0.15, 0.2) is 36.9 Å². The Bertz CT molecular complexity index is 1750. The van der Waals surface area contributed by atoms with E-state index in [2.05, 4.69) is 19.9 Å². The number of halogens is 3. The zero-order chi connectivity index (χ0) is 30.8. The maximum absolute atomic E-state index is 15.5. The van der Waals surface area contributed by atoms with Gasteiger partial charge in [-0.05, 0) is 44.4 Å². The van der Waals surface area contributed by atoms with Crippen molar-refractivity contribution in [3.63, 3.8) is 0 Å². The topological polar surface area (TPSA) is 102 Å². The Morgan fingerprint density at radius 1 is 1.12 bits per heavy atom. The number of ether oxygens (including phenoxy) is 1. The lowest BCUT2D eigenvalue weighted by molar-refractivity contribution is -0.122. The summed E-state index contributed by atoms with van der Waals surface area (Å²) in [6.07, 6.45) is 6.24. The molecule has 6 rings (SSSR count). The Labute approximate surface area is 246 Å². The molecule has 0 bridgehead atoms. The molecule has 0 atom stereocenters. The zero-order valence-electron chi connectivity index (χ0n) is 24.7. The highest BCUT2D eigenvalue weighted by atomic mass is 19.3. The first-order chi connectivity index (χ1) is 20.3. The smallest absolute Gasteiger partial charge is 0.288 e. The standard InChI is InChI=1S/C30H31F3N8O2/c1-29(2)28(42)40(5)20-12-34-24(22-23(17-8-9-17)35-15-36-27(22)43-6)38-26(20)41(29)13-16-7-10-18(19(31)11-16)25-37-21(14-39(25)4)30(3,32)33/h7,10-12,14-15,17H,8-9,13H2,1-6H3. The van der Waals surface area contributed by atoms with E-state index >= 15 is 4.39 Å². The molecular weight excluding hydrogens is 561 g/mol. The summed E-state index contributed by atoms with van der Waals surface area (Å²) in [5, 5.41) is 0. The van der Waals surface area contributed by atoms with Crippen LogP contribution in [-0.4, -0.2) is 55.1 Å². The Hall–Kier alpha value is -4.55. The number of anilines is 2. The van der Waals surface area contributed by atoms with Gasteiger partial charge in [-0.25, -0.2) is 29.3 Å². The van der Waals surface area contributed by atoms with Gasteiger partial charge in [-0.3, -0.25) is 4.79 Å². The second-order valence-corrected chi connectivity index (χ2v) is 11.6. The van der Waals surface area contributed by atoms with Crippen molar-refractivity contribution in [2.24, 2.45) is 7.05 Å².